The normalized spacial score (nSPS) is 11.2. The summed E-state index contributed by atoms with van der Waals surface area (Å²) in [6.07, 6.45) is 1.70. The SMILES string of the molecule is O=C(OCc1ccccc1)C(F)(F)c1ccc(Nc2ccccc2-c2nnn(Cc3ccccn3)n2)cc1. The number of aromatic nitrogens is 5. The quantitative estimate of drug-likeness (QED) is 0.266. The van der Waals surface area contributed by atoms with Gasteiger partial charge in [-0.05, 0) is 47.2 Å². The maximum Gasteiger partial charge on any atom is 0.382 e. The number of benzene rings is 3. The van der Waals surface area contributed by atoms with E-state index >= 15 is 0 Å². The third-order valence-electron chi connectivity index (χ3n) is 5.65. The van der Waals surface area contributed by atoms with Gasteiger partial charge in [-0.2, -0.15) is 13.6 Å². The molecule has 2 aromatic heterocycles. The number of hydrogen-bond donors (Lipinski definition) is 1. The van der Waals surface area contributed by atoms with Gasteiger partial charge < -0.3 is 10.1 Å². The maximum atomic E-state index is 14.7. The van der Waals surface area contributed by atoms with Gasteiger partial charge in [-0.15, -0.1) is 10.2 Å². The van der Waals surface area contributed by atoms with Crippen LogP contribution in [0.1, 0.15) is 16.8 Å². The van der Waals surface area contributed by atoms with E-state index in [0.29, 0.717) is 34.9 Å². The first-order valence-corrected chi connectivity index (χ1v) is 11.7. The minimum absolute atomic E-state index is 0.230. The number of anilines is 2. The second-order valence-corrected chi connectivity index (χ2v) is 8.35. The number of rotatable bonds is 9. The summed E-state index contributed by atoms with van der Waals surface area (Å²) in [5.41, 5.74) is 2.83. The Hall–Kier alpha value is -4.99. The minimum Gasteiger partial charge on any atom is -0.456 e. The first kappa shape index (κ1) is 24.7. The summed E-state index contributed by atoms with van der Waals surface area (Å²) < 4.78 is 34.3. The molecule has 38 heavy (non-hydrogen) atoms. The molecule has 0 atom stereocenters. The second-order valence-electron chi connectivity index (χ2n) is 8.35. The highest BCUT2D eigenvalue weighted by molar-refractivity contribution is 5.80. The molecule has 190 valence electrons. The number of carbonyl (C=O) groups is 1. The first-order valence-electron chi connectivity index (χ1n) is 11.7. The third kappa shape index (κ3) is 5.70. The summed E-state index contributed by atoms with van der Waals surface area (Å²) in [7, 11) is 0. The molecule has 0 radical (unpaired) electrons. The van der Waals surface area contributed by atoms with Gasteiger partial charge in [-0.25, -0.2) is 4.79 Å². The lowest BCUT2D eigenvalue weighted by Crippen LogP contribution is -2.28. The molecule has 0 aliphatic rings. The molecular formula is C28H22F2N6O2. The first-order chi connectivity index (χ1) is 18.5. The zero-order valence-electron chi connectivity index (χ0n) is 20.0. The molecule has 5 aromatic rings. The molecule has 5 rings (SSSR count). The van der Waals surface area contributed by atoms with Gasteiger partial charge in [0.25, 0.3) is 0 Å². The van der Waals surface area contributed by atoms with Gasteiger partial charge in [0, 0.05) is 28.7 Å². The van der Waals surface area contributed by atoms with Crippen molar-refractivity contribution >= 4 is 17.3 Å². The van der Waals surface area contributed by atoms with E-state index < -0.39 is 17.5 Å². The summed E-state index contributed by atoms with van der Waals surface area (Å²) in [6.45, 7) is 0.138. The highest BCUT2D eigenvalue weighted by Crippen LogP contribution is 2.32. The molecule has 0 saturated heterocycles. The molecule has 0 saturated carbocycles. The van der Waals surface area contributed by atoms with Crippen molar-refractivity contribution in [3.8, 4) is 11.4 Å². The van der Waals surface area contributed by atoms with Crippen molar-refractivity contribution in [2.75, 3.05) is 5.32 Å². The molecule has 10 heteroatoms. The molecule has 0 aliphatic carbocycles. The Kier molecular flexibility index (Phi) is 7.12. The Labute approximate surface area is 216 Å². The smallest absolute Gasteiger partial charge is 0.382 e. The van der Waals surface area contributed by atoms with E-state index in [4.69, 9.17) is 4.74 Å². The van der Waals surface area contributed by atoms with Crippen molar-refractivity contribution in [2.24, 2.45) is 0 Å². The largest absolute Gasteiger partial charge is 0.456 e. The monoisotopic (exact) mass is 512 g/mol. The Morgan fingerprint density at radius 2 is 1.63 bits per heavy atom. The van der Waals surface area contributed by atoms with Crippen molar-refractivity contribution in [2.45, 2.75) is 19.1 Å². The summed E-state index contributed by atoms with van der Waals surface area (Å²) in [4.78, 5) is 17.8. The fraction of sp³-hybridized carbons (Fsp3) is 0.107. The molecule has 0 unspecified atom stereocenters. The topological polar surface area (TPSA) is 94.8 Å². The second kappa shape index (κ2) is 11.0. The number of nitrogens with one attached hydrogen (secondary N) is 1. The lowest BCUT2D eigenvalue weighted by atomic mass is 10.1. The average molecular weight is 513 g/mol. The Balaban J connectivity index is 1.27. The predicted octanol–water partition coefficient (Wildman–Crippen LogP) is 5.36. The molecule has 2 heterocycles. The van der Waals surface area contributed by atoms with Crippen molar-refractivity contribution in [1.29, 1.82) is 0 Å². The number of nitrogens with zero attached hydrogens (tertiary/aromatic N) is 5. The summed E-state index contributed by atoms with van der Waals surface area (Å²) >= 11 is 0. The lowest BCUT2D eigenvalue weighted by Gasteiger charge is -2.16. The van der Waals surface area contributed by atoms with Crippen molar-refractivity contribution in [3.05, 3.63) is 120 Å². The van der Waals surface area contributed by atoms with Crippen molar-refractivity contribution in [1.82, 2.24) is 25.2 Å². The molecule has 0 fully saturated rings. The Morgan fingerprint density at radius 1 is 0.895 bits per heavy atom. The fourth-order valence-electron chi connectivity index (χ4n) is 3.69. The number of alkyl halides is 2. The third-order valence-corrected chi connectivity index (χ3v) is 5.65. The number of pyridine rings is 1. The molecule has 3 aromatic carbocycles. The van der Waals surface area contributed by atoms with Crippen LogP contribution in [0.2, 0.25) is 0 Å². The molecule has 1 N–H and O–H groups in total. The van der Waals surface area contributed by atoms with Crippen LogP contribution in [0.3, 0.4) is 0 Å². The van der Waals surface area contributed by atoms with Gasteiger partial charge in [-0.1, -0.05) is 60.7 Å². The van der Waals surface area contributed by atoms with Crippen LogP contribution in [0, 0.1) is 0 Å². The maximum absolute atomic E-state index is 14.7. The van der Waals surface area contributed by atoms with Crippen molar-refractivity contribution < 1.29 is 18.3 Å². The number of tetrazole rings is 1. The minimum atomic E-state index is -3.79. The van der Waals surface area contributed by atoms with Crippen LogP contribution in [-0.4, -0.2) is 31.2 Å². The van der Waals surface area contributed by atoms with Crippen LogP contribution in [0.4, 0.5) is 20.2 Å². The number of ether oxygens (including phenoxy) is 1. The van der Waals surface area contributed by atoms with Crippen LogP contribution in [-0.2, 0) is 28.6 Å². The summed E-state index contributed by atoms with van der Waals surface area (Å²) in [5.74, 6) is -5.00. The molecule has 0 amide bonds. The van der Waals surface area contributed by atoms with Crippen LogP contribution < -0.4 is 5.32 Å². The van der Waals surface area contributed by atoms with Crippen LogP contribution in [0.5, 0.6) is 0 Å². The van der Waals surface area contributed by atoms with E-state index in [9.17, 15) is 13.6 Å². The van der Waals surface area contributed by atoms with Gasteiger partial charge in [0.1, 0.15) is 13.2 Å². The van der Waals surface area contributed by atoms with Gasteiger partial charge in [0.2, 0.25) is 5.82 Å². The van der Waals surface area contributed by atoms with E-state index in [1.807, 2.05) is 42.5 Å². The van der Waals surface area contributed by atoms with Crippen LogP contribution >= 0.6 is 0 Å². The number of para-hydroxylation sites is 1. The molecule has 0 spiro atoms. The molecule has 0 aliphatic heterocycles. The Morgan fingerprint density at radius 3 is 2.39 bits per heavy atom. The van der Waals surface area contributed by atoms with Gasteiger partial charge in [-0.3, -0.25) is 4.98 Å². The van der Waals surface area contributed by atoms with Gasteiger partial charge in [0.15, 0.2) is 0 Å². The zero-order chi connectivity index (χ0) is 26.4. The van der Waals surface area contributed by atoms with Crippen molar-refractivity contribution in [3.63, 3.8) is 0 Å². The van der Waals surface area contributed by atoms with E-state index in [0.717, 1.165) is 5.69 Å². The molecule has 0 bridgehead atoms. The van der Waals surface area contributed by atoms with Gasteiger partial charge in [0.05, 0.1) is 5.69 Å². The lowest BCUT2D eigenvalue weighted by molar-refractivity contribution is -0.175. The zero-order valence-corrected chi connectivity index (χ0v) is 20.0. The highest BCUT2D eigenvalue weighted by atomic mass is 19.3. The number of carbonyl (C=O) groups excluding carboxylic acids is 1. The van der Waals surface area contributed by atoms with Gasteiger partial charge >= 0.3 is 11.9 Å². The standard InChI is InChI=1S/C28H22F2N6O2/c29-28(30,27(37)38-19-20-8-2-1-3-9-20)21-13-15-22(16-14-21)32-25-12-5-4-11-24(25)26-33-35-36(34-26)18-23-10-6-7-17-31-23/h1-17,32H,18-19H2. The number of halogens is 2. The van der Waals surface area contributed by atoms with Crippen LogP contribution in [0.15, 0.2) is 103 Å². The van der Waals surface area contributed by atoms with E-state index in [1.54, 1.807) is 36.5 Å². The van der Waals surface area contributed by atoms with E-state index in [2.05, 4.69) is 25.7 Å². The molecule has 8 nitrogen and oxygen atoms in total. The number of esters is 1. The van der Waals surface area contributed by atoms with E-state index in [-0.39, 0.29) is 6.61 Å². The van der Waals surface area contributed by atoms with Crippen LogP contribution in [0.25, 0.3) is 11.4 Å². The summed E-state index contributed by atoms with van der Waals surface area (Å²) in [5, 5.41) is 15.9. The molecular weight excluding hydrogens is 490 g/mol. The highest BCUT2D eigenvalue weighted by Gasteiger charge is 2.42. The summed E-state index contributed by atoms with van der Waals surface area (Å²) in [6, 6.07) is 26.9. The predicted molar refractivity (Wildman–Crippen MR) is 136 cm³/mol. The Bertz CT molecular complexity index is 1510. The number of hydrogen-bond acceptors (Lipinski definition) is 7. The van der Waals surface area contributed by atoms with E-state index in [1.165, 1.54) is 29.1 Å². The average Bonchev–Trinajstić information content (AvgIpc) is 3.41. The fourth-order valence-corrected chi connectivity index (χ4v) is 3.69.